The monoisotopic (exact) mass is 311 g/mol. The molecule has 2 heterocycles. The van der Waals surface area contributed by atoms with Crippen LogP contribution in [0.25, 0.3) is 10.9 Å². The second-order valence-corrected chi connectivity index (χ2v) is 6.35. The summed E-state index contributed by atoms with van der Waals surface area (Å²) in [6, 6.07) is 12.0. The smallest absolute Gasteiger partial charge is 0.147 e. The maximum absolute atomic E-state index is 5.25. The summed E-state index contributed by atoms with van der Waals surface area (Å²) in [5.74, 6) is 1.52. The molecule has 0 unspecified atom stereocenters. The number of benzene rings is 1. The third kappa shape index (κ3) is 3.09. The molecule has 0 aliphatic carbocycles. The van der Waals surface area contributed by atoms with Crippen LogP contribution < -0.4 is 10.2 Å². The Kier molecular flexibility index (Phi) is 4.06. The highest BCUT2D eigenvalue weighted by molar-refractivity contribution is 7.13. The highest BCUT2D eigenvalue weighted by atomic mass is 32.1. The minimum absolute atomic E-state index is 0.725. The number of aryl methyl sites for hydroxylation is 2. The molecule has 0 saturated carbocycles. The number of methoxy groups -OCH3 is 1. The number of rotatable bonds is 4. The number of anilines is 1. The molecule has 22 heavy (non-hydrogen) atoms. The van der Waals surface area contributed by atoms with Crippen molar-refractivity contribution in [1.82, 2.24) is 4.98 Å². The lowest BCUT2D eigenvalue weighted by molar-refractivity contribution is 0.415. The highest BCUT2D eigenvalue weighted by Gasteiger charge is 2.04. The molecule has 0 spiro atoms. The van der Waals surface area contributed by atoms with Crippen LogP contribution in [0.5, 0.6) is 5.75 Å². The number of ether oxygens (including phenoxy) is 1. The topological polar surface area (TPSA) is 46.5 Å². The first-order valence-corrected chi connectivity index (χ1v) is 7.78. The van der Waals surface area contributed by atoms with Crippen molar-refractivity contribution in [3.63, 3.8) is 0 Å². The van der Waals surface area contributed by atoms with Crippen molar-refractivity contribution < 1.29 is 4.74 Å². The van der Waals surface area contributed by atoms with Gasteiger partial charge in [0.15, 0.2) is 0 Å². The summed E-state index contributed by atoms with van der Waals surface area (Å²) in [7, 11) is 1.66. The van der Waals surface area contributed by atoms with Crippen molar-refractivity contribution in [2.24, 2.45) is 5.10 Å². The van der Waals surface area contributed by atoms with Gasteiger partial charge in [0.05, 0.1) is 18.8 Å². The van der Waals surface area contributed by atoms with Gasteiger partial charge in [-0.15, -0.1) is 11.3 Å². The Morgan fingerprint density at radius 2 is 2.05 bits per heavy atom. The Hall–Kier alpha value is -2.40. The lowest BCUT2D eigenvalue weighted by Gasteiger charge is -2.07. The van der Waals surface area contributed by atoms with Crippen LogP contribution in [0.3, 0.4) is 0 Å². The molecule has 0 atom stereocenters. The van der Waals surface area contributed by atoms with Gasteiger partial charge in [-0.2, -0.15) is 5.10 Å². The first-order chi connectivity index (χ1) is 10.7. The summed E-state index contributed by atoms with van der Waals surface area (Å²) in [5, 5.41) is 5.37. The summed E-state index contributed by atoms with van der Waals surface area (Å²) in [6.07, 6.45) is 1.81. The summed E-state index contributed by atoms with van der Waals surface area (Å²) in [5.41, 5.74) is 5.04. The van der Waals surface area contributed by atoms with Gasteiger partial charge in [0.25, 0.3) is 0 Å². The van der Waals surface area contributed by atoms with Crippen LogP contribution in [0, 0.1) is 13.8 Å². The number of hydrogen-bond acceptors (Lipinski definition) is 5. The lowest BCUT2D eigenvalue weighted by Crippen LogP contribution is -1.95. The van der Waals surface area contributed by atoms with Gasteiger partial charge in [-0.05, 0) is 49.7 Å². The van der Waals surface area contributed by atoms with E-state index in [0.717, 1.165) is 32.9 Å². The molecule has 0 radical (unpaired) electrons. The van der Waals surface area contributed by atoms with E-state index < -0.39 is 0 Å². The number of pyridine rings is 1. The van der Waals surface area contributed by atoms with E-state index in [-0.39, 0.29) is 0 Å². The molecule has 0 bridgehead atoms. The van der Waals surface area contributed by atoms with Gasteiger partial charge >= 0.3 is 0 Å². The van der Waals surface area contributed by atoms with Crippen LogP contribution >= 0.6 is 11.3 Å². The molecule has 112 valence electrons. The number of thiophene rings is 1. The number of aromatic nitrogens is 1. The average molecular weight is 311 g/mol. The minimum atomic E-state index is 0.725. The van der Waals surface area contributed by atoms with Gasteiger partial charge in [-0.25, -0.2) is 4.98 Å². The maximum Gasteiger partial charge on any atom is 0.147 e. The van der Waals surface area contributed by atoms with E-state index in [4.69, 9.17) is 4.74 Å². The molecule has 2 aromatic heterocycles. The molecule has 3 rings (SSSR count). The van der Waals surface area contributed by atoms with E-state index in [1.807, 2.05) is 30.5 Å². The third-order valence-electron chi connectivity index (χ3n) is 3.36. The van der Waals surface area contributed by atoms with E-state index in [2.05, 4.69) is 41.5 Å². The van der Waals surface area contributed by atoms with E-state index in [1.54, 1.807) is 18.4 Å². The van der Waals surface area contributed by atoms with Crippen LogP contribution in [-0.2, 0) is 0 Å². The van der Waals surface area contributed by atoms with Crippen LogP contribution in [0.15, 0.2) is 41.5 Å². The summed E-state index contributed by atoms with van der Waals surface area (Å²) >= 11 is 1.71. The summed E-state index contributed by atoms with van der Waals surface area (Å²) in [6.45, 7) is 4.14. The summed E-state index contributed by atoms with van der Waals surface area (Å²) < 4.78 is 5.25. The fourth-order valence-electron chi connectivity index (χ4n) is 2.25. The number of hydrogen-bond donors (Lipinski definition) is 1. The predicted octanol–water partition coefficient (Wildman–Crippen LogP) is 4.37. The first kappa shape index (κ1) is 14.5. The van der Waals surface area contributed by atoms with Crippen LogP contribution in [0.4, 0.5) is 5.82 Å². The van der Waals surface area contributed by atoms with Crippen molar-refractivity contribution in [3.05, 3.63) is 51.7 Å². The molecule has 0 saturated heterocycles. The zero-order valence-electron chi connectivity index (χ0n) is 12.8. The maximum atomic E-state index is 5.25. The second-order valence-electron chi connectivity index (χ2n) is 5.03. The SMILES string of the molecule is COc1ccc2c(C)cc(N/N=C/c3ccc(C)s3)nc2c1. The Morgan fingerprint density at radius 3 is 2.77 bits per heavy atom. The van der Waals surface area contributed by atoms with Crippen molar-refractivity contribution in [3.8, 4) is 5.75 Å². The van der Waals surface area contributed by atoms with Crippen molar-refractivity contribution in [2.75, 3.05) is 12.5 Å². The molecule has 5 heteroatoms. The molecular weight excluding hydrogens is 294 g/mol. The van der Waals surface area contributed by atoms with Crippen LogP contribution in [-0.4, -0.2) is 18.3 Å². The van der Waals surface area contributed by atoms with Gasteiger partial charge in [0.1, 0.15) is 11.6 Å². The molecule has 4 nitrogen and oxygen atoms in total. The van der Waals surface area contributed by atoms with Crippen LogP contribution in [0.1, 0.15) is 15.3 Å². The molecule has 1 aromatic carbocycles. The van der Waals surface area contributed by atoms with Crippen LogP contribution in [0.2, 0.25) is 0 Å². The quantitative estimate of drug-likeness (QED) is 0.575. The number of fused-ring (bicyclic) bond motifs is 1. The van der Waals surface area contributed by atoms with Gasteiger partial charge < -0.3 is 4.74 Å². The molecule has 0 amide bonds. The minimum Gasteiger partial charge on any atom is -0.497 e. The highest BCUT2D eigenvalue weighted by Crippen LogP contribution is 2.24. The lowest BCUT2D eigenvalue weighted by atomic mass is 10.1. The fourth-order valence-corrected chi connectivity index (χ4v) is 3.00. The fraction of sp³-hybridized carbons (Fsp3) is 0.176. The largest absolute Gasteiger partial charge is 0.497 e. The number of hydrazone groups is 1. The number of nitrogens with zero attached hydrogens (tertiary/aromatic N) is 2. The third-order valence-corrected chi connectivity index (χ3v) is 4.29. The molecule has 0 aliphatic heterocycles. The Balaban J connectivity index is 1.85. The standard InChI is InChI=1S/C17H17N3OS/c1-11-8-17(20-18-10-14-6-4-12(2)22-14)19-16-9-13(21-3)5-7-15(11)16/h4-10H,1-3H3,(H,19,20)/b18-10+. The zero-order chi connectivity index (χ0) is 15.5. The Bertz CT molecular complexity index is 839. The Labute approximate surface area is 133 Å². The zero-order valence-corrected chi connectivity index (χ0v) is 13.6. The van der Waals surface area contributed by atoms with Gasteiger partial charge in [0.2, 0.25) is 0 Å². The predicted molar refractivity (Wildman–Crippen MR) is 93.3 cm³/mol. The van der Waals surface area contributed by atoms with E-state index in [9.17, 15) is 0 Å². The molecule has 1 N–H and O–H groups in total. The molecule has 0 fully saturated rings. The van der Waals surface area contributed by atoms with E-state index in [1.165, 1.54) is 4.88 Å². The van der Waals surface area contributed by atoms with Gasteiger partial charge in [-0.1, -0.05) is 0 Å². The van der Waals surface area contributed by atoms with Crippen molar-refractivity contribution >= 4 is 34.3 Å². The molecule has 3 aromatic rings. The first-order valence-electron chi connectivity index (χ1n) is 6.96. The van der Waals surface area contributed by atoms with Gasteiger partial charge in [-0.3, -0.25) is 5.43 Å². The van der Waals surface area contributed by atoms with Crippen molar-refractivity contribution in [1.29, 1.82) is 0 Å². The van der Waals surface area contributed by atoms with E-state index in [0.29, 0.717) is 0 Å². The normalized spacial score (nSPS) is 11.2. The second kappa shape index (κ2) is 6.15. The number of nitrogens with one attached hydrogen (secondary N) is 1. The molecular formula is C17H17N3OS. The van der Waals surface area contributed by atoms with Crippen molar-refractivity contribution in [2.45, 2.75) is 13.8 Å². The Morgan fingerprint density at radius 1 is 1.18 bits per heavy atom. The summed E-state index contributed by atoms with van der Waals surface area (Å²) in [4.78, 5) is 6.97. The molecule has 0 aliphatic rings. The van der Waals surface area contributed by atoms with Gasteiger partial charge in [0, 0.05) is 21.2 Å². The van der Waals surface area contributed by atoms with E-state index >= 15 is 0 Å². The average Bonchev–Trinajstić information content (AvgIpc) is 2.92.